The molecule has 0 rings (SSSR count). The van der Waals surface area contributed by atoms with Crippen LogP contribution >= 0.6 is 0 Å². The van der Waals surface area contributed by atoms with Gasteiger partial charge in [0.1, 0.15) is 0 Å². The average molecular weight is 197 g/mol. The maximum absolute atomic E-state index is 2.47. The third-order valence-corrected chi connectivity index (χ3v) is 1.26. The van der Waals surface area contributed by atoms with Crippen LogP contribution in [0.1, 0.15) is 26.2 Å². The second kappa shape index (κ2) is 7.23. The first-order chi connectivity index (χ1) is 3.91. The molecule has 0 radical (unpaired) electrons. The van der Waals surface area contributed by atoms with Gasteiger partial charge in [-0.3, -0.25) is 0 Å². The fraction of sp³-hybridized carbons (Fsp3) is 0.571. The average Bonchev–Trinajstić information content (AvgIpc) is 1.81. The minimum absolute atomic E-state index is 1.23. The van der Waals surface area contributed by atoms with Crippen molar-refractivity contribution in [3.63, 3.8) is 0 Å². The van der Waals surface area contributed by atoms with Crippen molar-refractivity contribution in [3.05, 3.63) is 12.2 Å². The third-order valence-electron chi connectivity index (χ3n) is 0.928. The molecule has 0 aromatic rings. The van der Waals surface area contributed by atoms with E-state index < -0.39 is 0 Å². The van der Waals surface area contributed by atoms with Crippen LogP contribution in [0.2, 0.25) is 0 Å². The van der Waals surface area contributed by atoms with Crippen molar-refractivity contribution in [2.45, 2.75) is 26.2 Å². The zero-order valence-corrected chi connectivity index (χ0v) is 6.95. The zero-order chi connectivity index (χ0) is 6.24. The topological polar surface area (TPSA) is 0 Å². The van der Waals surface area contributed by atoms with Gasteiger partial charge in [0.25, 0.3) is 0 Å². The van der Waals surface area contributed by atoms with Gasteiger partial charge in [0.05, 0.1) is 0 Å². The molecule has 0 aliphatic carbocycles. The number of rotatable bonds is 4. The van der Waals surface area contributed by atoms with Crippen LogP contribution in [-0.4, -0.2) is 4.61 Å². The van der Waals surface area contributed by atoms with E-state index in [2.05, 4.69) is 36.9 Å². The third kappa shape index (κ3) is 6.23. The van der Waals surface area contributed by atoms with E-state index in [1.807, 2.05) is 4.61 Å². The van der Waals surface area contributed by atoms with Crippen LogP contribution in [0.5, 0.6) is 0 Å². The number of hydrogen-bond donors (Lipinski definition) is 0. The van der Waals surface area contributed by atoms with Gasteiger partial charge in [-0.1, -0.05) is 0 Å². The van der Waals surface area contributed by atoms with Crippen LogP contribution in [0.15, 0.2) is 12.2 Å². The molecule has 0 aliphatic rings. The normalized spacial score (nSPS) is 10.1. The molecule has 0 N–H and O–H groups in total. The molecule has 47 valence electrons. The summed E-state index contributed by atoms with van der Waals surface area (Å²) in [6.45, 7) is 2.21. The summed E-state index contributed by atoms with van der Waals surface area (Å²) in [7, 11) is 0. The molecule has 0 unspecified atom stereocenters. The molecule has 0 heterocycles. The molecule has 0 aromatic heterocycles. The van der Waals surface area contributed by atoms with Crippen molar-refractivity contribution < 1.29 is 17.9 Å². The predicted octanol–water partition coefficient (Wildman–Crippen LogP) is 2.08. The summed E-state index contributed by atoms with van der Waals surface area (Å²) in [5.74, 6) is 0. The first kappa shape index (κ1) is 8.23. The first-order valence-corrected chi connectivity index (χ1v) is 3.99. The Morgan fingerprint density at radius 1 is 1.50 bits per heavy atom. The number of allylic oxidation sites excluding steroid dienone is 2. The summed E-state index contributed by atoms with van der Waals surface area (Å²) >= 11 is 2.47. The second-order valence-electron chi connectivity index (χ2n) is 1.69. The molecule has 0 nitrogen and oxygen atoms in total. The Labute approximate surface area is 61.2 Å². The molecule has 0 atom stereocenters. The standard InChI is InChI=1S/C7H12.Ru/c1-3-5-7-6-4-2;/h1,3,5H,4,6-7H2,2H3;/q;+1/b5-3-;. The Bertz CT molecular complexity index is 74.5. The Kier molecular flexibility index (Phi) is 7.44. The summed E-state index contributed by atoms with van der Waals surface area (Å²) in [6, 6.07) is 0. The Balaban J connectivity index is 2.91. The van der Waals surface area contributed by atoms with E-state index in [4.69, 9.17) is 0 Å². The molecule has 0 aromatic carbocycles. The van der Waals surface area contributed by atoms with E-state index in [1.54, 1.807) is 0 Å². The fourth-order valence-corrected chi connectivity index (χ4v) is 0.703. The number of hydrogen-bond acceptors (Lipinski definition) is 0. The van der Waals surface area contributed by atoms with Gasteiger partial charge in [-0.25, -0.2) is 0 Å². The molecular formula is C7H12Ru+. The quantitative estimate of drug-likeness (QED) is 0.478. The molecule has 0 saturated heterocycles. The Hall–Kier alpha value is 0.233. The van der Waals surface area contributed by atoms with E-state index >= 15 is 0 Å². The van der Waals surface area contributed by atoms with Gasteiger partial charge in [-0.05, 0) is 0 Å². The fourth-order valence-electron chi connectivity index (χ4n) is 0.466. The van der Waals surface area contributed by atoms with Gasteiger partial charge in [-0.2, -0.15) is 0 Å². The molecule has 8 heavy (non-hydrogen) atoms. The van der Waals surface area contributed by atoms with Crippen LogP contribution in [-0.2, 0) is 17.9 Å². The van der Waals surface area contributed by atoms with E-state index in [1.165, 1.54) is 19.3 Å². The molecule has 0 spiro atoms. The maximum atomic E-state index is 2.47. The summed E-state index contributed by atoms with van der Waals surface area (Å²) < 4.78 is 2.00. The van der Waals surface area contributed by atoms with Crippen LogP contribution in [0.4, 0.5) is 0 Å². The summed E-state index contributed by atoms with van der Waals surface area (Å²) in [5, 5.41) is 0. The van der Waals surface area contributed by atoms with Crippen LogP contribution in [0, 0.1) is 0 Å². The van der Waals surface area contributed by atoms with Gasteiger partial charge < -0.3 is 0 Å². The van der Waals surface area contributed by atoms with E-state index in [9.17, 15) is 0 Å². The summed E-state index contributed by atoms with van der Waals surface area (Å²) in [5.41, 5.74) is 0. The monoisotopic (exact) mass is 198 g/mol. The van der Waals surface area contributed by atoms with Gasteiger partial charge >= 0.3 is 60.8 Å². The van der Waals surface area contributed by atoms with Crippen LogP contribution < -0.4 is 0 Å². The van der Waals surface area contributed by atoms with Crippen molar-refractivity contribution >= 4 is 4.61 Å². The predicted molar refractivity (Wildman–Crippen MR) is 34.7 cm³/mol. The van der Waals surface area contributed by atoms with Crippen molar-refractivity contribution in [3.8, 4) is 0 Å². The van der Waals surface area contributed by atoms with E-state index in [0.29, 0.717) is 0 Å². The van der Waals surface area contributed by atoms with Gasteiger partial charge in [0.2, 0.25) is 0 Å². The molecule has 0 bridgehead atoms. The zero-order valence-electron chi connectivity index (χ0n) is 5.21. The van der Waals surface area contributed by atoms with Crippen molar-refractivity contribution in [1.29, 1.82) is 0 Å². The van der Waals surface area contributed by atoms with Crippen molar-refractivity contribution in [2.24, 2.45) is 0 Å². The van der Waals surface area contributed by atoms with Crippen molar-refractivity contribution in [2.75, 3.05) is 0 Å². The van der Waals surface area contributed by atoms with Crippen molar-refractivity contribution in [1.82, 2.24) is 0 Å². The molecule has 0 aliphatic heterocycles. The van der Waals surface area contributed by atoms with Gasteiger partial charge in [0, 0.05) is 0 Å². The summed E-state index contributed by atoms with van der Waals surface area (Å²) in [6.07, 6.45) is 8.11. The first-order valence-electron chi connectivity index (χ1n) is 2.99. The molecule has 0 fully saturated rings. The van der Waals surface area contributed by atoms with Crippen LogP contribution in [0.25, 0.3) is 0 Å². The van der Waals surface area contributed by atoms with E-state index in [0.717, 1.165) is 0 Å². The second-order valence-corrected chi connectivity index (χ2v) is 2.27. The number of unbranched alkanes of at least 4 members (excludes halogenated alkanes) is 2. The van der Waals surface area contributed by atoms with E-state index in [-0.39, 0.29) is 0 Å². The molecule has 0 amide bonds. The van der Waals surface area contributed by atoms with Crippen LogP contribution in [0.3, 0.4) is 0 Å². The molecular weight excluding hydrogens is 185 g/mol. The Morgan fingerprint density at radius 2 is 2.25 bits per heavy atom. The summed E-state index contributed by atoms with van der Waals surface area (Å²) in [4.78, 5) is 0. The SMILES string of the molecule is CCCC/C=C\[CH]=[Ru+]. The van der Waals surface area contributed by atoms with Gasteiger partial charge in [-0.15, -0.1) is 0 Å². The minimum atomic E-state index is 1.23. The Morgan fingerprint density at radius 3 is 2.75 bits per heavy atom. The van der Waals surface area contributed by atoms with Gasteiger partial charge in [0.15, 0.2) is 0 Å². The molecule has 1 heteroatoms. The molecule has 0 saturated carbocycles.